The number of rotatable bonds is 5. The fourth-order valence-electron chi connectivity index (χ4n) is 3.20. The van der Waals surface area contributed by atoms with Crippen molar-refractivity contribution in [2.24, 2.45) is 0 Å². The van der Waals surface area contributed by atoms with E-state index in [-0.39, 0.29) is 17.7 Å². The maximum Gasteiger partial charge on any atom is 0.258 e. The number of fused-ring (bicyclic) bond motifs is 1. The lowest BCUT2D eigenvalue weighted by molar-refractivity contribution is 0.102. The highest BCUT2D eigenvalue weighted by Crippen LogP contribution is 2.24. The zero-order chi connectivity index (χ0) is 22.0. The molecule has 0 saturated heterocycles. The molecule has 0 bridgehead atoms. The molecule has 2 aromatic carbocycles. The largest absolute Gasteiger partial charge is 0.487 e. The van der Waals surface area contributed by atoms with Gasteiger partial charge in [-0.25, -0.2) is 9.37 Å². The highest BCUT2D eigenvalue weighted by molar-refractivity contribution is 6.04. The number of hydrogen-bond acceptors (Lipinski definition) is 4. The first-order valence-electron chi connectivity index (χ1n) is 9.69. The van der Waals surface area contributed by atoms with E-state index in [2.05, 4.69) is 10.3 Å². The summed E-state index contributed by atoms with van der Waals surface area (Å²) in [5.74, 6) is -0.354. The van der Waals surface area contributed by atoms with Gasteiger partial charge in [0.1, 0.15) is 23.8 Å². The van der Waals surface area contributed by atoms with E-state index >= 15 is 0 Å². The van der Waals surface area contributed by atoms with Crippen molar-refractivity contribution in [1.29, 1.82) is 0 Å². The van der Waals surface area contributed by atoms with Gasteiger partial charge in [0.15, 0.2) is 0 Å². The fourth-order valence-corrected chi connectivity index (χ4v) is 3.20. The Bertz CT molecular complexity index is 1350. The number of carbonyl (C=O) groups excluding carboxylic acids is 1. The van der Waals surface area contributed by atoms with Gasteiger partial charge < -0.3 is 10.1 Å². The second kappa shape index (κ2) is 8.39. The molecule has 31 heavy (non-hydrogen) atoms. The van der Waals surface area contributed by atoms with Crippen molar-refractivity contribution in [3.63, 3.8) is 0 Å². The minimum Gasteiger partial charge on any atom is -0.487 e. The minimum atomic E-state index is -0.477. The lowest BCUT2D eigenvalue weighted by Crippen LogP contribution is -2.17. The van der Waals surface area contributed by atoms with Gasteiger partial charge in [-0.15, -0.1) is 0 Å². The molecule has 6 nitrogen and oxygen atoms in total. The Balaban J connectivity index is 1.53. The SMILES string of the molecule is Cc1ccc(NC(=O)c2cccc(F)c2)cc1OCc1cc(=O)n2cccc(C)c2n1. The van der Waals surface area contributed by atoms with E-state index in [1.807, 2.05) is 26.0 Å². The van der Waals surface area contributed by atoms with E-state index < -0.39 is 11.7 Å². The van der Waals surface area contributed by atoms with Crippen molar-refractivity contribution >= 4 is 17.2 Å². The van der Waals surface area contributed by atoms with Crippen LogP contribution in [-0.4, -0.2) is 15.3 Å². The Hall–Kier alpha value is -4.00. The first kappa shape index (κ1) is 20.3. The Labute approximate surface area is 178 Å². The average molecular weight is 417 g/mol. The van der Waals surface area contributed by atoms with Gasteiger partial charge in [-0.05, 0) is 55.3 Å². The summed E-state index contributed by atoms with van der Waals surface area (Å²) in [5, 5.41) is 2.74. The molecule has 2 aromatic heterocycles. The fraction of sp³-hybridized carbons (Fsp3) is 0.125. The van der Waals surface area contributed by atoms with E-state index in [1.54, 1.807) is 24.4 Å². The van der Waals surface area contributed by atoms with Gasteiger partial charge in [0.25, 0.3) is 11.5 Å². The van der Waals surface area contributed by atoms with Crippen molar-refractivity contribution in [2.75, 3.05) is 5.32 Å². The van der Waals surface area contributed by atoms with Gasteiger partial charge in [-0.2, -0.15) is 0 Å². The number of amides is 1. The smallest absolute Gasteiger partial charge is 0.258 e. The van der Waals surface area contributed by atoms with Crippen LogP contribution in [0, 0.1) is 19.7 Å². The molecule has 0 radical (unpaired) electrons. The van der Waals surface area contributed by atoms with Gasteiger partial charge in [0, 0.05) is 29.6 Å². The zero-order valence-electron chi connectivity index (χ0n) is 17.1. The number of pyridine rings is 1. The van der Waals surface area contributed by atoms with Crippen LogP contribution in [0.25, 0.3) is 5.65 Å². The third-order valence-corrected chi connectivity index (χ3v) is 4.85. The molecule has 7 heteroatoms. The second-order valence-corrected chi connectivity index (χ2v) is 7.20. The number of halogens is 1. The molecule has 0 atom stereocenters. The number of nitrogens with zero attached hydrogens (tertiary/aromatic N) is 2. The Kier molecular flexibility index (Phi) is 5.49. The third-order valence-electron chi connectivity index (χ3n) is 4.85. The molecule has 0 spiro atoms. The maximum absolute atomic E-state index is 13.4. The second-order valence-electron chi connectivity index (χ2n) is 7.20. The van der Waals surface area contributed by atoms with E-state index in [9.17, 15) is 14.0 Å². The molecular formula is C24H20FN3O3. The van der Waals surface area contributed by atoms with Crippen molar-refractivity contribution in [3.8, 4) is 5.75 Å². The summed E-state index contributed by atoms with van der Waals surface area (Å²) in [4.78, 5) is 29.3. The number of ether oxygens (including phenoxy) is 1. The van der Waals surface area contributed by atoms with Crippen LogP contribution in [0.15, 0.2) is 71.7 Å². The van der Waals surface area contributed by atoms with Gasteiger partial charge >= 0.3 is 0 Å². The van der Waals surface area contributed by atoms with Crippen LogP contribution in [0.2, 0.25) is 0 Å². The van der Waals surface area contributed by atoms with Gasteiger partial charge in [0.05, 0.1) is 5.69 Å². The van der Waals surface area contributed by atoms with Crippen LogP contribution in [0.3, 0.4) is 0 Å². The van der Waals surface area contributed by atoms with Crippen LogP contribution in [0.1, 0.15) is 27.2 Å². The molecule has 2 heterocycles. The van der Waals surface area contributed by atoms with Gasteiger partial charge in [0.2, 0.25) is 0 Å². The average Bonchev–Trinajstić information content (AvgIpc) is 2.75. The normalized spacial score (nSPS) is 10.8. The number of aromatic nitrogens is 2. The summed E-state index contributed by atoms with van der Waals surface area (Å²) in [5.41, 5.74) is 3.39. The summed E-state index contributed by atoms with van der Waals surface area (Å²) >= 11 is 0. The highest BCUT2D eigenvalue weighted by Gasteiger charge is 2.10. The number of benzene rings is 2. The Morgan fingerprint density at radius 2 is 1.90 bits per heavy atom. The molecule has 0 fully saturated rings. The molecular weight excluding hydrogens is 397 g/mol. The summed E-state index contributed by atoms with van der Waals surface area (Å²) in [6.07, 6.45) is 1.68. The lowest BCUT2D eigenvalue weighted by atomic mass is 10.1. The van der Waals surface area contributed by atoms with Crippen molar-refractivity contribution < 1.29 is 13.9 Å². The van der Waals surface area contributed by atoms with Crippen LogP contribution >= 0.6 is 0 Å². The Morgan fingerprint density at radius 1 is 1.06 bits per heavy atom. The molecule has 0 aliphatic carbocycles. The molecule has 0 unspecified atom stereocenters. The highest BCUT2D eigenvalue weighted by atomic mass is 19.1. The van der Waals surface area contributed by atoms with Crippen LogP contribution < -0.4 is 15.6 Å². The zero-order valence-corrected chi connectivity index (χ0v) is 17.1. The van der Waals surface area contributed by atoms with Crippen LogP contribution in [0.4, 0.5) is 10.1 Å². The van der Waals surface area contributed by atoms with E-state index in [0.717, 1.165) is 11.1 Å². The molecule has 1 amide bonds. The minimum absolute atomic E-state index is 0.0994. The third kappa shape index (κ3) is 4.45. The Morgan fingerprint density at radius 3 is 2.71 bits per heavy atom. The number of aryl methyl sites for hydroxylation is 2. The maximum atomic E-state index is 13.4. The molecule has 0 aliphatic heterocycles. The molecule has 1 N–H and O–H groups in total. The lowest BCUT2D eigenvalue weighted by Gasteiger charge is -2.12. The summed E-state index contributed by atoms with van der Waals surface area (Å²) in [6, 6.07) is 15.8. The van der Waals surface area contributed by atoms with Crippen LogP contribution in [0.5, 0.6) is 5.75 Å². The number of carbonyl (C=O) groups is 1. The van der Waals surface area contributed by atoms with Gasteiger partial charge in [-0.1, -0.05) is 18.2 Å². The van der Waals surface area contributed by atoms with Crippen LogP contribution in [-0.2, 0) is 6.61 Å². The predicted octanol–water partition coefficient (Wildman–Crippen LogP) is 4.28. The molecule has 156 valence electrons. The molecule has 4 rings (SSSR count). The standard InChI is InChI=1S/C24H20FN3O3/c1-15-8-9-19(27-24(30)17-6-3-7-18(25)11-17)12-21(15)31-14-20-13-22(29)28-10-4-5-16(2)23(28)26-20/h3-13H,14H2,1-2H3,(H,27,30). The monoisotopic (exact) mass is 417 g/mol. The first-order valence-corrected chi connectivity index (χ1v) is 9.69. The molecule has 4 aromatic rings. The van der Waals surface area contributed by atoms with E-state index in [1.165, 1.54) is 34.7 Å². The van der Waals surface area contributed by atoms with Crippen molar-refractivity contribution in [3.05, 3.63) is 105 Å². The summed E-state index contributed by atoms with van der Waals surface area (Å²) < 4.78 is 20.8. The first-order chi connectivity index (χ1) is 14.9. The van der Waals surface area contributed by atoms with Crippen molar-refractivity contribution in [1.82, 2.24) is 9.38 Å². The van der Waals surface area contributed by atoms with E-state index in [0.29, 0.717) is 22.8 Å². The number of nitrogens with one attached hydrogen (secondary N) is 1. The van der Waals surface area contributed by atoms with E-state index in [4.69, 9.17) is 4.74 Å². The topological polar surface area (TPSA) is 72.7 Å². The quantitative estimate of drug-likeness (QED) is 0.526. The molecule has 0 aliphatic rings. The number of anilines is 1. The number of hydrogen-bond donors (Lipinski definition) is 1. The predicted molar refractivity (Wildman–Crippen MR) is 116 cm³/mol. The van der Waals surface area contributed by atoms with Crippen molar-refractivity contribution in [2.45, 2.75) is 20.5 Å². The summed E-state index contributed by atoms with van der Waals surface area (Å²) in [6.45, 7) is 3.86. The van der Waals surface area contributed by atoms with Gasteiger partial charge in [-0.3, -0.25) is 14.0 Å². The molecule has 0 saturated carbocycles. The summed E-state index contributed by atoms with van der Waals surface area (Å²) in [7, 11) is 0.